The molecule has 3 aromatic rings. The number of rotatable bonds is 5. The summed E-state index contributed by atoms with van der Waals surface area (Å²) in [5, 5.41) is 24.7. The molecule has 0 atom stereocenters. The van der Waals surface area contributed by atoms with Gasteiger partial charge in [0.05, 0.1) is 23.6 Å². The largest absolute Gasteiger partial charge is 0.510 e. The second kappa shape index (κ2) is 8.21. The zero-order valence-electron chi connectivity index (χ0n) is 15.5. The van der Waals surface area contributed by atoms with Gasteiger partial charge in [-0.05, 0) is 43.3 Å². The van der Waals surface area contributed by atoms with Gasteiger partial charge in [0.15, 0.2) is 5.70 Å². The first-order chi connectivity index (χ1) is 13.9. The highest BCUT2D eigenvalue weighted by Gasteiger charge is 2.14. The molecule has 0 fully saturated rings. The summed E-state index contributed by atoms with van der Waals surface area (Å²) >= 11 is 0. The molecule has 0 aliphatic carbocycles. The fourth-order valence-corrected chi connectivity index (χ4v) is 2.55. The van der Waals surface area contributed by atoms with Crippen LogP contribution in [0.4, 0.5) is 11.4 Å². The predicted octanol–water partition coefficient (Wildman–Crippen LogP) is 2.74. The molecular formula is C19H17N5O5. The first-order valence-corrected chi connectivity index (χ1v) is 8.41. The van der Waals surface area contributed by atoms with E-state index in [0.717, 1.165) is 0 Å². The fourth-order valence-electron chi connectivity index (χ4n) is 2.55. The summed E-state index contributed by atoms with van der Waals surface area (Å²) in [7, 11) is 1.52. The van der Waals surface area contributed by atoms with E-state index in [1.54, 1.807) is 24.3 Å². The van der Waals surface area contributed by atoms with Crippen molar-refractivity contribution in [2.45, 2.75) is 6.92 Å². The number of H-pyrrole nitrogens is 2. The number of aromatic nitrogens is 2. The Balaban J connectivity index is 1.93. The standard InChI is InChI=1S/C19H17N5O5/c1-10(25)16(19(28)20-11-6-8-12(29-2)9-7-11)22-21-14-5-3-4-13-15(14)18(27)24-23-17(13)26/h3-9,25H,1-2H3,(H,20,28)(H,23,26)(H,24,27)/b16-10+,22-21?. The SMILES string of the molecule is COc1ccc(NC(=O)/C(N=Nc2cccc3c(=O)[nH][nH]c(=O)c23)=C(/C)O)cc1. The number of benzene rings is 2. The highest BCUT2D eigenvalue weighted by Crippen LogP contribution is 2.22. The van der Waals surface area contributed by atoms with Crippen molar-refractivity contribution in [1.29, 1.82) is 0 Å². The Kier molecular flexibility index (Phi) is 5.54. The zero-order chi connectivity index (χ0) is 21.0. The number of azo groups is 1. The Morgan fingerprint density at radius 1 is 1.07 bits per heavy atom. The predicted molar refractivity (Wildman–Crippen MR) is 107 cm³/mol. The van der Waals surface area contributed by atoms with Crippen LogP contribution in [-0.4, -0.2) is 28.3 Å². The summed E-state index contributed by atoms with van der Waals surface area (Å²) in [5.41, 5.74) is -0.881. The number of allylic oxidation sites excluding steroid dienone is 1. The van der Waals surface area contributed by atoms with Gasteiger partial charge in [-0.3, -0.25) is 24.6 Å². The van der Waals surface area contributed by atoms with Gasteiger partial charge in [0.25, 0.3) is 17.0 Å². The quantitative estimate of drug-likeness (QED) is 0.298. The van der Waals surface area contributed by atoms with E-state index in [9.17, 15) is 19.5 Å². The Morgan fingerprint density at radius 3 is 2.41 bits per heavy atom. The highest BCUT2D eigenvalue weighted by molar-refractivity contribution is 6.03. The Morgan fingerprint density at radius 2 is 1.76 bits per heavy atom. The van der Waals surface area contributed by atoms with Crippen molar-refractivity contribution in [3.8, 4) is 5.75 Å². The topological polar surface area (TPSA) is 149 Å². The van der Waals surface area contributed by atoms with Crippen molar-refractivity contribution in [1.82, 2.24) is 10.2 Å². The molecule has 0 radical (unpaired) electrons. The average molecular weight is 395 g/mol. The summed E-state index contributed by atoms with van der Waals surface area (Å²) < 4.78 is 5.05. The highest BCUT2D eigenvalue weighted by atomic mass is 16.5. The Labute approximate surface area is 163 Å². The van der Waals surface area contributed by atoms with Crippen LogP contribution in [-0.2, 0) is 4.79 Å². The van der Waals surface area contributed by atoms with Gasteiger partial charge >= 0.3 is 0 Å². The van der Waals surface area contributed by atoms with Crippen molar-refractivity contribution in [3.05, 3.63) is 74.6 Å². The van der Waals surface area contributed by atoms with Crippen LogP contribution in [0.15, 0.2) is 73.7 Å². The number of fused-ring (bicyclic) bond motifs is 1. The van der Waals surface area contributed by atoms with E-state index in [1.807, 2.05) is 0 Å². The lowest BCUT2D eigenvalue weighted by Gasteiger charge is -2.07. The van der Waals surface area contributed by atoms with Crippen molar-refractivity contribution in [2.24, 2.45) is 10.2 Å². The maximum Gasteiger partial charge on any atom is 0.279 e. The molecule has 0 bridgehead atoms. The monoisotopic (exact) mass is 395 g/mol. The molecule has 1 amide bonds. The number of aliphatic hydroxyl groups excluding tert-OH is 1. The van der Waals surface area contributed by atoms with Crippen molar-refractivity contribution in [2.75, 3.05) is 12.4 Å². The Hall–Kier alpha value is -4.21. The van der Waals surface area contributed by atoms with E-state index < -0.39 is 17.0 Å². The number of hydrogen-bond acceptors (Lipinski definition) is 7. The van der Waals surface area contributed by atoms with E-state index in [4.69, 9.17) is 4.74 Å². The minimum atomic E-state index is -0.703. The van der Waals surface area contributed by atoms with Crippen LogP contribution in [0, 0.1) is 0 Å². The molecular weight excluding hydrogens is 378 g/mol. The maximum absolute atomic E-state index is 12.5. The second-order valence-corrected chi connectivity index (χ2v) is 5.92. The van der Waals surface area contributed by atoms with E-state index in [-0.39, 0.29) is 27.9 Å². The van der Waals surface area contributed by atoms with Crippen LogP contribution in [0.5, 0.6) is 5.75 Å². The first-order valence-electron chi connectivity index (χ1n) is 8.41. The molecule has 148 valence electrons. The van der Waals surface area contributed by atoms with Crippen LogP contribution < -0.4 is 21.2 Å². The summed E-state index contributed by atoms with van der Waals surface area (Å²) in [6.45, 7) is 1.28. The lowest BCUT2D eigenvalue weighted by molar-refractivity contribution is -0.113. The smallest absolute Gasteiger partial charge is 0.279 e. The molecule has 1 aromatic heterocycles. The van der Waals surface area contributed by atoms with Crippen molar-refractivity contribution in [3.63, 3.8) is 0 Å². The van der Waals surface area contributed by atoms with Gasteiger partial charge < -0.3 is 15.2 Å². The molecule has 0 saturated heterocycles. The van der Waals surface area contributed by atoms with Gasteiger partial charge in [-0.1, -0.05) is 6.07 Å². The lowest BCUT2D eigenvalue weighted by atomic mass is 10.1. The van der Waals surface area contributed by atoms with Gasteiger partial charge in [-0.2, -0.15) is 0 Å². The van der Waals surface area contributed by atoms with E-state index in [1.165, 1.54) is 32.2 Å². The van der Waals surface area contributed by atoms with Crippen LogP contribution in [0.3, 0.4) is 0 Å². The molecule has 0 spiro atoms. The number of amides is 1. The average Bonchev–Trinajstić information content (AvgIpc) is 2.71. The molecule has 0 aliphatic rings. The number of carbonyl (C=O) groups excluding carboxylic acids is 1. The Bertz CT molecular complexity index is 1230. The molecule has 0 unspecified atom stereocenters. The molecule has 0 aliphatic heterocycles. The van der Waals surface area contributed by atoms with Gasteiger partial charge in [0, 0.05) is 5.69 Å². The number of hydrogen-bond donors (Lipinski definition) is 4. The lowest BCUT2D eigenvalue weighted by Crippen LogP contribution is -2.18. The number of nitrogens with zero attached hydrogens (tertiary/aromatic N) is 2. The van der Waals surface area contributed by atoms with Gasteiger partial charge in [0.1, 0.15) is 11.5 Å². The summed E-state index contributed by atoms with van der Waals surface area (Å²) in [6, 6.07) is 11.0. The van der Waals surface area contributed by atoms with Gasteiger partial charge in [0.2, 0.25) is 0 Å². The van der Waals surface area contributed by atoms with Gasteiger partial charge in [-0.25, -0.2) is 0 Å². The minimum absolute atomic E-state index is 0.0190. The first kappa shape index (κ1) is 19.5. The molecule has 3 rings (SSSR count). The third kappa shape index (κ3) is 4.21. The number of anilines is 1. The number of aliphatic hydroxyl groups is 1. The molecule has 29 heavy (non-hydrogen) atoms. The normalized spacial score (nSPS) is 12.1. The van der Waals surface area contributed by atoms with E-state index >= 15 is 0 Å². The molecule has 10 nitrogen and oxygen atoms in total. The molecule has 4 N–H and O–H groups in total. The third-order valence-electron chi connectivity index (χ3n) is 3.97. The van der Waals surface area contributed by atoms with Crippen LogP contribution in [0.25, 0.3) is 10.8 Å². The number of methoxy groups -OCH3 is 1. The summed E-state index contributed by atoms with van der Waals surface area (Å²) in [6.07, 6.45) is 0. The third-order valence-corrected chi connectivity index (χ3v) is 3.97. The number of carbonyl (C=O) groups is 1. The van der Waals surface area contributed by atoms with E-state index in [0.29, 0.717) is 11.4 Å². The number of ether oxygens (including phenoxy) is 1. The van der Waals surface area contributed by atoms with Crippen LogP contribution in [0.2, 0.25) is 0 Å². The van der Waals surface area contributed by atoms with E-state index in [2.05, 4.69) is 25.7 Å². The van der Waals surface area contributed by atoms with Crippen LogP contribution >= 0.6 is 0 Å². The summed E-state index contributed by atoms with van der Waals surface area (Å²) in [5.74, 6) is -0.453. The molecule has 10 heteroatoms. The van der Waals surface area contributed by atoms with Gasteiger partial charge in [-0.15, -0.1) is 10.2 Å². The summed E-state index contributed by atoms with van der Waals surface area (Å²) in [4.78, 5) is 36.4. The molecule has 2 aromatic carbocycles. The number of nitrogens with one attached hydrogen (secondary N) is 3. The minimum Gasteiger partial charge on any atom is -0.510 e. The zero-order valence-corrected chi connectivity index (χ0v) is 15.5. The number of aromatic amines is 2. The molecule has 0 saturated carbocycles. The van der Waals surface area contributed by atoms with Crippen LogP contribution in [0.1, 0.15) is 6.92 Å². The van der Waals surface area contributed by atoms with Crippen molar-refractivity contribution >= 4 is 28.1 Å². The van der Waals surface area contributed by atoms with Crippen molar-refractivity contribution < 1.29 is 14.6 Å². The maximum atomic E-state index is 12.5. The molecule has 1 heterocycles. The second-order valence-electron chi connectivity index (χ2n) is 5.92. The fraction of sp³-hybridized carbons (Fsp3) is 0.105.